The summed E-state index contributed by atoms with van der Waals surface area (Å²) in [6.07, 6.45) is 9.68. The van der Waals surface area contributed by atoms with Crippen molar-refractivity contribution in [1.82, 2.24) is 0 Å². The van der Waals surface area contributed by atoms with Crippen molar-refractivity contribution in [3.8, 4) is 0 Å². The molecule has 0 aromatic rings. The molecule has 3 atom stereocenters. The van der Waals surface area contributed by atoms with E-state index >= 15 is 0 Å². The van der Waals surface area contributed by atoms with Crippen LogP contribution < -0.4 is 0 Å². The van der Waals surface area contributed by atoms with Crippen molar-refractivity contribution in [3.05, 3.63) is 36.0 Å². The lowest BCUT2D eigenvalue weighted by Crippen LogP contribution is -2.52. The zero-order valence-electron chi connectivity index (χ0n) is 12.7. The molecule has 0 N–H and O–H groups in total. The molecule has 1 heterocycles. The summed E-state index contributed by atoms with van der Waals surface area (Å²) in [5, 5.41) is 0. The van der Waals surface area contributed by atoms with Crippen LogP contribution in [0.2, 0.25) is 19.1 Å². The third-order valence-electron chi connectivity index (χ3n) is 5.62. The summed E-state index contributed by atoms with van der Waals surface area (Å²) in [4.78, 5) is 0. The van der Waals surface area contributed by atoms with Crippen LogP contribution in [0, 0.1) is 17.3 Å². The van der Waals surface area contributed by atoms with Gasteiger partial charge < -0.3 is 4.43 Å². The Bertz CT molecular complexity index is 470. The molecule has 4 rings (SSSR count). The van der Waals surface area contributed by atoms with Crippen molar-refractivity contribution in [2.24, 2.45) is 17.3 Å². The van der Waals surface area contributed by atoms with Crippen LogP contribution in [0.1, 0.15) is 26.7 Å². The second kappa shape index (κ2) is 4.19. The van der Waals surface area contributed by atoms with Crippen LogP contribution in [0.5, 0.6) is 0 Å². The van der Waals surface area contributed by atoms with Crippen LogP contribution in [-0.2, 0) is 4.43 Å². The average molecular weight is 274 g/mol. The largest absolute Gasteiger partial charge is 0.406 e. The molecule has 4 aliphatic rings. The first kappa shape index (κ1) is 13.4. The van der Waals surface area contributed by atoms with Crippen LogP contribution in [0.3, 0.4) is 0 Å². The SMILES string of the molecule is C=CC1=CC[Si](C)(C)OC1C1=CCC2CC1C2(C)C. The minimum atomic E-state index is -1.52. The topological polar surface area (TPSA) is 9.23 Å². The first-order chi connectivity index (χ1) is 8.85. The van der Waals surface area contributed by atoms with Crippen molar-refractivity contribution in [2.45, 2.75) is 51.9 Å². The van der Waals surface area contributed by atoms with Gasteiger partial charge in [-0.3, -0.25) is 0 Å². The van der Waals surface area contributed by atoms with E-state index in [1.54, 1.807) is 5.57 Å². The normalized spacial score (nSPS) is 38.8. The number of hydrogen-bond donors (Lipinski definition) is 0. The van der Waals surface area contributed by atoms with Gasteiger partial charge in [0.2, 0.25) is 0 Å². The summed E-state index contributed by atoms with van der Waals surface area (Å²) in [6.45, 7) is 13.5. The van der Waals surface area contributed by atoms with Gasteiger partial charge in [-0.15, -0.1) is 0 Å². The lowest BCUT2D eigenvalue weighted by atomic mass is 9.48. The zero-order chi connectivity index (χ0) is 13.8. The van der Waals surface area contributed by atoms with E-state index in [9.17, 15) is 0 Å². The fourth-order valence-corrected chi connectivity index (χ4v) is 5.78. The Morgan fingerprint density at radius 3 is 2.68 bits per heavy atom. The Kier molecular flexibility index (Phi) is 2.95. The van der Waals surface area contributed by atoms with Crippen molar-refractivity contribution in [1.29, 1.82) is 0 Å². The first-order valence-electron chi connectivity index (χ1n) is 7.55. The van der Waals surface area contributed by atoms with Crippen LogP contribution in [0.4, 0.5) is 0 Å². The number of hydrogen-bond acceptors (Lipinski definition) is 1. The molecule has 3 unspecified atom stereocenters. The van der Waals surface area contributed by atoms with Gasteiger partial charge in [0.25, 0.3) is 0 Å². The van der Waals surface area contributed by atoms with Crippen molar-refractivity contribution in [2.75, 3.05) is 0 Å². The minimum Gasteiger partial charge on any atom is -0.406 e. The van der Waals surface area contributed by atoms with E-state index < -0.39 is 8.32 Å². The van der Waals surface area contributed by atoms with Gasteiger partial charge in [0, 0.05) is 0 Å². The van der Waals surface area contributed by atoms with Crippen LogP contribution in [-0.4, -0.2) is 14.4 Å². The number of allylic oxidation sites excluding steroid dienone is 2. The highest BCUT2D eigenvalue weighted by atomic mass is 28.4. The molecule has 1 nitrogen and oxygen atoms in total. The Hall–Kier alpha value is -0.603. The Balaban J connectivity index is 1.93. The minimum absolute atomic E-state index is 0.207. The molecule has 1 fully saturated rings. The maximum Gasteiger partial charge on any atom is 0.191 e. The molecule has 104 valence electrons. The Morgan fingerprint density at radius 2 is 2.11 bits per heavy atom. The lowest BCUT2D eigenvalue weighted by molar-refractivity contribution is -0.0172. The predicted molar refractivity (Wildman–Crippen MR) is 83.5 cm³/mol. The van der Waals surface area contributed by atoms with Crippen molar-refractivity contribution >= 4 is 8.32 Å². The van der Waals surface area contributed by atoms with Gasteiger partial charge in [-0.25, -0.2) is 0 Å². The molecule has 1 saturated carbocycles. The van der Waals surface area contributed by atoms with Gasteiger partial charge in [-0.1, -0.05) is 38.7 Å². The third-order valence-corrected chi connectivity index (χ3v) is 7.68. The molecule has 1 aliphatic heterocycles. The molecule has 0 aromatic heterocycles. The number of fused-ring (bicyclic) bond motifs is 1. The average Bonchev–Trinajstić information content (AvgIpc) is 2.37. The first-order valence-corrected chi connectivity index (χ1v) is 10.7. The Labute approximate surface area is 118 Å². The van der Waals surface area contributed by atoms with Crippen molar-refractivity contribution in [3.63, 3.8) is 0 Å². The second-order valence-electron chi connectivity index (χ2n) is 7.62. The van der Waals surface area contributed by atoms with E-state index in [0.29, 0.717) is 5.41 Å². The standard InChI is InChI=1S/C17H26OSi/c1-6-12-9-10-19(4,5)18-16(12)14-8-7-13-11-15(14)17(13,2)3/h6,8-9,13,15-16H,1,7,10-11H2,2-5H3. The summed E-state index contributed by atoms with van der Waals surface area (Å²) in [7, 11) is -1.52. The Morgan fingerprint density at radius 1 is 1.37 bits per heavy atom. The van der Waals surface area contributed by atoms with Crippen LogP contribution >= 0.6 is 0 Å². The molecule has 19 heavy (non-hydrogen) atoms. The maximum absolute atomic E-state index is 6.54. The van der Waals surface area contributed by atoms with E-state index in [0.717, 1.165) is 17.9 Å². The van der Waals surface area contributed by atoms with Gasteiger partial charge >= 0.3 is 0 Å². The molecular formula is C17H26OSi. The fourth-order valence-electron chi connectivity index (χ4n) is 4.05. The van der Waals surface area contributed by atoms with Crippen molar-refractivity contribution < 1.29 is 4.43 Å². The summed E-state index contributed by atoms with van der Waals surface area (Å²) in [5.41, 5.74) is 3.33. The van der Waals surface area contributed by atoms with E-state index in [1.165, 1.54) is 18.4 Å². The maximum atomic E-state index is 6.54. The smallest absolute Gasteiger partial charge is 0.191 e. The molecule has 0 amide bonds. The molecule has 0 spiro atoms. The van der Waals surface area contributed by atoms with Crippen LogP contribution in [0.15, 0.2) is 36.0 Å². The van der Waals surface area contributed by atoms with Gasteiger partial charge in [-0.05, 0) is 60.4 Å². The summed E-state index contributed by atoms with van der Waals surface area (Å²) in [6, 6.07) is 1.12. The predicted octanol–water partition coefficient (Wildman–Crippen LogP) is 4.70. The fraction of sp³-hybridized carbons (Fsp3) is 0.647. The molecule has 2 heteroatoms. The molecule has 3 aliphatic carbocycles. The van der Waals surface area contributed by atoms with E-state index in [4.69, 9.17) is 4.43 Å². The van der Waals surface area contributed by atoms with Gasteiger partial charge in [0.1, 0.15) is 0 Å². The lowest BCUT2D eigenvalue weighted by Gasteiger charge is -2.58. The van der Waals surface area contributed by atoms with Gasteiger partial charge in [0.15, 0.2) is 8.32 Å². The summed E-state index contributed by atoms with van der Waals surface area (Å²) in [5.74, 6) is 1.62. The molecule has 0 saturated heterocycles. The zero-order valence-corrected chi connectivity index (χ0v) is 13.7. The monoisotopic (exact) mass is 274 g/mol. The molecule has 0 aromatic carbocycles. The second-order valence-corrected chi connectivity index (χ2v) is 11.8. The summed E-state index contributed by atoms with van der Waals surface area (Å²) < 4.78 is 6.54. The van der Waals surface area contributed by atoms with E-state index in [1.807, 2.05) is 6.08 Å². The highest BCUT2D eigenvalue weighted by Gasteiger charge is 2.53. The van der Waals surface area contributed by atoms with Gasteiger partial charge in [0.05, 0.1) is 6.10 Å². The highest BCUT2D eigenvalue weighted by molar-refractivity contribution is 6.71. The number of rotatable bonds is 2. The third kappa shape index (κ3) is 2.00. The van der Waals surface area contributed by atoms with Gasteiger partial charge in [-0.2, -0.15) is 0 Å². The molecular weight excluding hydrogens is 248 g/mol. The van der Waals surface area contributed by atoms with E-state index in [-0.39, 0.29) is 6.10 Å². The molecule has 0 radical (unpaired) electrons. The highest BCUT2D eigenvalue weighted by Crippen LogP contribution is 2.60. The molecule has 2 bridgehead atoms. The summed E-state index contributed by atoms with van der Waals surface area (Å²) >= 11 is 0. The van der Waals surface area contributed by atoms with Crippen LogP contribution in [0.25, 0.3) is 0 Å². The van der Waals surface area contributed by atoms with E-state index in [2.05, 4.69) is 45.7 Å². The quantitative estimate of drug-likeness (QED) is 0.524.